The quantitative estimate of drug-likeness (QED) is 0.316. The third-order valence-corrected chi connectivity index (χ3v) is 4.60. The zero-order chi connectivity index (χ0) is 19.1. The summed E-state index contributed by atoms with van der Waals surface area (Å²) in [7, 11) is 0. The SMILES string of the molecule is CCNC(=NCc1ccc(C)cc1OCC1CC1)NCc1nncn1CC.I. The van der Waals surface area contributed by atoms with Crippen molar-refractivity contribution < 1.29 is 4.74 Å². The van der Waals surface area contributed by atoms with Crippen molar-refractivity contribution in [3.8, 4) is 5.75 Å². The summed E-state index contributed by atoms with van der Waals surface area (Å²) < 4.78 is 8.07. The Labute approximate surface area is 184 Å². The van der Waals surface area contributed by atoms with Crippen molar-refractivity contribution in [2.75, 3.05) is 13.2 Å². The van der Waals surface area contributed by atoms with Crippen LogP contribution in [0.15, 0.2) is 29.5 Å². The molecule has 28 heavy (non-hydrogen) atoms. The van der Waals surface area contributed by atoms with E-state index >= 15 is 0 Å². The first-order valence-electron chi connectivity index (χ1n) is 9.80. The number of aliphatic imine (C=N–C) groups is 1. The number of aromatic nitrogens is 3. The van der Waals surface area contributed by atoms with E-state index in [-0.39, 0.29) is 24.0 Å². The van der Waals surface area contributed by atoms with E-state index in [0.717, 1.165) is 48.7 Å². The zero-order valence-electron chi connectivity index (χ0n) is 16.9. The highest BCUT2D eigenvalue weighted by Gasteiger charge is 2.22. The molecule has 2 aromatic rings. The second kappa shape index (κ2) is 11.2. The van der Waals surface area contributed by atoms with Crippen molar-refractivity contribution in [1.29, 1.82) is 0 Å². The van der Waals surface area contributed by atoms with Crippen LogP contribution in [0.25, 0.3) is 0 Å². The van der Waals surface area contributed by atoms with Crippen molar-refractivity contribution in [2.24, 2.45) is 10.9 Å². The van der Waals surface area contributed by atoms with Gasteiger partial charge in [-0.3, -0.25) is 0 Å². The molecule has 1 heterocycles. The summed E-state index contributed by atoms with van der Waals surface area (Å²) in [5, 5.41) is 14.7. The van der Waals surface area contributed by atoms with Gasteiger partial charge < -0.3 is 19.9 Å². The fraction of sp³-hybridized carbons (Fsp3) is 0.550. The maximum atomic E-state index is 6.05. The maximum absolute atomic E-state index is 6.05. The lowest BCUT2D eigenvalue weighted by molar-refractivity contribution is 0.296. The first kappa shape index (κ1) is 22.4. The highest BCUT2D eigenvalue weighted by Crippen LogP contribution is 2.30. The summed E-state index contributed by atoms with van der Waals surface area (Å²) in [6.07, 6.45) is 4.32. The maximum Gasteiger partial charge on any atom is 0.191 e. The highest BCUT2D eigenvalue weighted by molar-refractivity contribution is 14.0. The van der Waals surface area contributed by atoms with Crippen LogP contribution in [0.5, 0.6) is 5.75 Å². The van der Waals surface area contributed by atoms with Gasteiger partial charge in [-0.05, 0) is 51.2 Å². The number of ether oxygens (including phenoxy) is 1. The normalized spacial score (nSPS) is 13.8. The Bertz CT molecular complexity index is 772. The second-order valence-electron chi connectivity index (χ2n) is 6.95. The van der Waals surface area contributed by atoms with Crippen LogP contribution in [-0.2, 0) is 19.6 Å². The smallest absolute Gasteiger partial charge is 0.191 e. The van der Waals surface area contributed by atoms with Gasteiger partial charge >= 0.3 is 0 Å². The molecule has 1 aliphatic rings. The van der Waals surface area contributed by atoms with Crippen LogP contribution in [-0.4, -0.2) is 33.9 Å². The van der Waals surface area contributed by atoms with Gasteiger partial charge in [0.2, 0.25) is 0 Å². The van der Waals surface area contributed by atoms with Crippen LogP contribution < -0.4 is 15.4 Å². The molecular weight excluding hydrogens is 467 g/mol. The van der Waals surface area contributed by atoms with Gasteiger partial charge in [-0.1, -0.05) is 12.1 Å². The van der Waals surface area contributed by atoms with Crippen LogP contribution >= 0.6 is 24.0 Å². The average Bonchev–Trinajstić information content (AvgIpc) is 3.39. The molecular formula is C20H31IN6O. The number of rotatable bonds is 9. The third kappa shape index (κ3) is 6.65. The number of benzene rings is 1. The molecule has 0 atom stereocenters. The van der Waals surface area contributed by atoms with Crippen molar-refractivity contribution in [3.63, 3.8) is 0 Å². The summed E-state index contributed by atoms with van der Waals surface area (Å²) in [6, 6.07) is 6.33. The summed E-state index contributed by atoms with van der Waals surface area (Å²) in [5.74, 6) is 3.34. The van der Waals surface area contributed by atoms with Crippen LogP contribution in [0.2, 0.25) is 0 Å². The van der Waals surface area contributed by atoms with E-state index in [1.165, 1.54) is 18.4 Å². The highest BCUT2D eigenvalue weighted by atomic mass is 127. The predicted octanol–water partition coefficient (Wildman–Crippen LogP) is 3.27. The van der Waals surface area contributed by atoms with E-state index in [0.29, 0.717) is 13.1 Å². The van der Waals surface area contributed by atoms with Gasteiger partial charge in [0.1, 0.15) is 12.1 Å². The molecule has 1 aromatic carbocycles. The molecule has 8 heteroatoms. The molecule has 3 rings (SSSR count). The fourth-order valence-electron chi connectivity index (χ4n) is 2.77. The van der Waals surface area contributed by atoms with Gasteiger partial charge in [0.05, 0.1) is 19.7 Å². The Morgan fingerprint density at radius 3 is 2.82 bits per heavy atom. The van der Waals surface area contributed by atoms with Gasteiger partial charge in [-0.15, -0.1) is 34.2 Å². The minimum absolute atomic E-state index is 0. The molecule has 0 saturated heterocycles. The van der Waals surface area contributed by atoms with Gasteiger partial charge in [0.15, 0.2) is 11.8 Å². The zero-order valence-corrected chi connectivity index (χ0v) is 19.3. The van der Waals surface area contributed by atoms with Gasteiger partial charge in [0.25, 0.3) is 0 Å². The third-order valence-electron chi connectivity index (χ3n) is 4.60. The molecule has 0 amide bonds. The first-order chi connectivity index (χ1) is 13.2. The number of halogens is 1. The number of nitrogens with zero attached hydrogens (tertiary/aromatic N) is 4. The Balaban J connectivity index is 0.00000280. The monoisotopic (exact) mass is 498 g/mol. The summed E-state index contributed by atoms with van der Waals surface area (Å²) in [5.41, 5.74) is 2.31. The van der Waals surface area contributed by atoms with Crippen molar-refractivity contribution >= 4 is 29.9 Å². The Morgan fingerprint density at radius 2 is 2.11 bits per heavy atom. The Morgan fingerprint density at radius 1 is 1.29 bits per heavy atom. The van der Waals surface area contributed by atoms with Gasteiger partial charge in [0, 0.05) is 18.7 Å². The largest absolute Gasteiger partial charge is 0.493 e. The van der Waals surface area contributed by atoms with Crippen LogP contribution in [0, 0.1) is 12.8 Å². The number of nitrogens with one attached hydrogen (secondary N) is 2. The Hall–Kier alpha value is -1.84. The minimum atomic E-state index is 0. The Kier molecular flexibility index (Phi) is 9.01. The lowest BCUT2D eigenvalue weighted by Crippen LogP contribution is -2.37. The summed E-state index contributed by atoms with van der Waals surface area (Å²) in [4.78, 5) is 4.73. The average molecular weight is 498 g/mol. The molecule has 0 spiro atoms. The van der Waals surface area contributed by atoms with Crippen LogP contribution in [0.4, 0.5) is 0 Å². The van der Waals surface area contributed by atoms with E-state index in [4.69, 9.17) is 9.73 Å². The number of hydrogen-bond donors (Lipinski definition) is 2. The van der Waals surface area contributed by atoms with Gasteiger partial charge in [-0.25, -0.2) is 4.99 Å². The standard InChI is InChI=1S/C20H30N6O.HI/c1-4-21-20(23-12-19-25-24-14-26(19)5-2)22-11-17-9-6-15(3)10-18(17)27-13-16-7-8-16;/h6,9-10,14,16H,4-5,7-8,11-13H2,1-3H3,(H2,21,22,23);1H. The fourth-order valence-corrected chi connectivity index (χ4v) is 2.77. The predicted molar refractivity (Wildman–Crippen MR) is 122 cm³/mol. The molecule has 1 aliphatic carbocycles. The molecule has 2 N–H and O–H groups in total. The van der Waals surface area contributed by atoms with Crippen LogP contribution in [0.3, 0.4) is 0 Å². The molecule has 0 aliphatic heterocycles. The van der Waals surface area contributed by atoms with Crippen molar-refractivity contribution in [1.82, 2.24) is 25.4 Å². The first-order valence-corrected chi connectivity index (χ1v) is 9.80. The van der Waals surface area contributed by atoms with E-state index < -0.39 is 0 Å². The molecule has 1 aromatic heterocycles. The number of aryl methyl sites for hydroxylation is 2. The molecule has 7 nitrogen and oxygen atoms in total. The van der Waals surface area contributed by atoms with Crippen LogP contribution in [0.1, 0.15) is 43.6 Å². The topological polar surface area (TPSA) is 76.4 Å². The van der Waals surface area contributed by atoms with E-state index in [1.54, 1.807) is 6.33 Å². The summed E-state index contributed by atoms with van der Waals surface area (Å²) in [6.45, 7) is 9.83. The lowest BCUT2D eigenvalue weighted by atomic mass is 10.1. The molecule has 0 unspecified atom stereocenters. The summed E-state index contributed by atoms with van der Waals surface area (Å²) >= 11 is 0. The second-order valence-corrected chi connectivity index (χ2v) is 6.95. The van der Waals surface area contributed by atoms with E-state index in [2.05, 4.69) is 59.8 Å². The minimum Gasteiger partial charge on any atom is -0.493 e. The molecule has 154 valence electrons. The number of hydrogen-bond acceptors (Lipinski definition) is 4. The lowest BCUT2D eigenvalue weighted by Gasteiger charge is -2.13. The molecule has 1 fully saturated rings. The van der Waals surface area contributed by atoms with Crippen molar-refractivity contribution in [3.05, 3.63) is 41.5 Å². The number of guanidine groups is 1. The van der Waals surface area contributed by atoms with E-state index in [9.17, 15) is 0 Å². The molecule has 0 bridgehead atoms. The molecule has 1 saturated carbocycles. The van der Waals surface area contributed by atoms with Gasteiger partial charge in [-0.2, -0.15) is 0 Å². The van der Waals surface area contributed by atoms with E-state index in [1.807, 2.05) is 4.57 Å². The van der Waals surface area contributed by atoms with Crippen molar-refractivity contribution in [2.45, 2.75) is 53.2 Å². The molecule has 0 radical (unpaired) electrons.